The molecule has 0 N–H and O–H groups in total. The fourth-order valence-corrected chi connectivity index (χ4v) is 5.70. The first-order valence-electron chi connectivity index (χ1n) is 13.2. The van der Waals surface area contributed by atoms with E-state index in [2.05, 4.69) is 126 Å². The molecule has 0 aliphatic carbocycles. The lowest BCUT2D eigenvalue weighted by Crippen LogP contribution is -1.89. The first-order chi connectivity index (χ1) is 17.4. The van der Waals surface area contributed by atoms with Crippen molar-refractivity contribution < 1.29 is 0 Å². The zero-order chi connectivity index (χ0) is 25.4. The van der Waals surface area contributed by atoms with Crippen molar-refractivity contribution in [3.05, 3.63) is 118 Å². The molecule has 36 heavy (non-hydrogen) atoms. The number of fused-ring (bicyclic) bond motifs is 6. The Morgan fingerprint density at radius 2 is 0.944 bits per heavy atom. The van der Waals surface area contributed by atoms with Crippen molar-refractivity contribution in [1.29, 1.82) is 0 Å². The third-order valence-electron chi connectivity index (χ3n) is 7.80. The van der Waals surface area contributed by atoms with E-state index in [1.54, 1.807) is 0 Å². The van der Waals surface area contributed by atoms with E-state index in [1.807, 2.05) is 0 Å². The maximum atomic E-state index is 2.34. The molecule has 0 saturated heterocycles. The molecule has 6 rings (SSSR count). The number of rotatable bonds is 2. The molecule has 0 heterocycles. The SMILES string of the molecule is CCc1ccc2c(c1)c(C)cc1c(C)cccc12.CCc1cccc2c(C)cc3c(C)cccc3c12. The van der Waals surface area contributed by atoms with Gasteiger partial charge in [0.2, 0.25) is 0 Å². The van der Waals surface area contributed by atoms with Crippen LogP contribution >= 0.6 is 0 Å². The van der Waals surface area contributed by atoms with Gasteiger partial charge in [0.25, 0.3) is 0 Å². The molecule has 0 unspecified atom stereocenters. The quantitative estimate of drug-likeness (QED) is 0.222. The van der Waals surface area contributed by atoms with E-state index in [-0.39, 0.29) is 0 Å². The zero-order valence-electron chi connectivity index (χ0n) is 22.5. The molecule has 0 saturated carbocycles. The number of hydrogen-bond acceptors (Lipinski definition) is 0. The highest BCUT2D eigenvalue weighted by Crippen LogP contribution is 2.33. The summed E-state index contributed by atoms with van der Waals surface area (Å²) in [4.78, 5) is 0. The van der Waals surface area contributed by atoms with Crippen LogP contribution in [0.15, 0.2) is 84.9 Å². The summed E-state index contributed by atoms with van der Waals surface area (Å²) in [6.07, 6.45) is 2.19. The van der Waals surface area contributed by atoms with Gasteiger partial charge in [0.15, 0.2) is 0 Å². The molecule has 180 valence electrons. The van der Waals surface area contributed by atoms with Gasteiger partial charge >= 0.3 is 0 Å². The van der Waals surface area contributed by atoms with Crippen molar-refractivity contribution in [2.75, 3.05) is 0 Å². The van der Waals surface area contributed by atoms with Gasteiger partial charge in [-0.3, -0.25) is 0 Å². The smallest absolute Gasteiger partial charge is 0.00706 e. The Hall–Kier alpha value is -3.64. The molecule has 6 aromatic carbocycles. The van der Waals surface area contributed by atoms with Crippen LogP contribution in [0.2, 0.25) is 0 Å². The second kappa shape index (κ2) is 9.78. The predicted octanol–water partition coefficient (Wildman–Crippen LogP) is 10.3. The summed E-state index contributed by atoms with van der Waals surface area (Å²) in [7, 11) is 0. The van der Waals surface area contributed by atoms with Crippen molar-refractivity contribution in [2.24, 2.45) is 0 Å². The molecule has 0 aliphatic heterocycles. The van der Waals surface area contributed by atoms with Crippen LogP contribution in [0.4, 0.5) is 0 Å². The molecule has 0 bridgehead atoms. The van der Waals surface area contributed by atoms with E-state index < -0.39 is 0 Å². The normalized spacial score (nSPS) is 11.3. The molecule has 0 fully saturated rings. The second-order valence-electron chi connectivity index (χ2n) is 10.2. The summed E-state index contributed by atoms with van der Waals surface area (Å²) >= 11 is 0. The van der Waals surface area contributed by atoms with Gasteiger partial charge in [0.1, 0.15) is 0 Å². The zero-order valence-corrected chi connectivity index (χ0v) is 22.5. The van der Waals surface area contributed by atoms with E-state index in [0.717, 1.165) is 12.8 Å². The fourth-order valence-electron chi connectivity index (χ4n) is 5.70. The van der Waals surface area contributed by atoms with Gasteiger partial charge in [-0.2, -0.15) is 0 Å². The summed E-state index contributed by atoms with van der Waals surface area (Å²) in [5.74, 6) is 0. The van der Waals surface area contributed by atoms with Crippen LogP contribution in [0, 0.1) is 27.7 Å². The van der Waals surface area contributed by atoms with E-state index in [9.17, 15) is 0 Å². The Balaban J connectivity index is 0.000000148. The van der Waals surface area contributed by atoms with Crippen LogP contribution in [-0.4, -0.2) is 0 Å². The number of aryl methyl sites for hydroxylation is 6. The Bertz CT molecular complexity index is 1720. The molecule has 0 atom stereocenters. The van der Waals surface area contributed by atoms with Gasteiger partial charge in [0.05, 0.1) is 0 Å². The highest BCUT2D eigenvalue weighted by atomic mass is 14.1. The molecular formula is C36H36. The molecule has 0 aliphatic rings. The molecule has 6 aromatic rings. The van der Waals surface area contributed by atoms with Gasteiger partial charge < -0.3 is 0 Å². The molecule has 0 nitrogen and oxygen atoms in total. The number of benzene rings is 6. The minimum atomic E-state index is 1.09. The monoisotopic (exact) mass is 468 g/mol. The van der Waals surface area contributed by atoms with E-state index in [1.165, 1.54) is 76.5 Å². The minimum Gasteiger partial charge on any atom is -0.0613 e. The summed E-state index contributed by atoms with van der Waals surface area (Å²) in [5.41, 5.74) is 8.34. The highest BCUT2D eigenvalue weighted by molar-refractivity contribution is 6.11. The Labute approximate surface area is 215 Å². The Morgan fingerprint density at radius 3 is 1.61 bits per heavy atom. The Kier molecular flexibility index (Phi) is 6.54. The van der Waals surface area contributed by atoms with Crippen LogP contribution in [0.1, 0.15) is 47.2 Å². The van der Waals surface area contributed by atoms with E-state index in [4.69, 9.17) is 0 Å². The number of hydrogen-bond donors (Lipinski definition) is 0. The van der Waals surface area contributed by atoms with E-state index in [0.29, 0.717) is 0 Å². The summed E-state index contributed by atoms with van der Waals surface area (Å²) < 4.78 is 0. The average Bonchev–Trinajstić information content (AvgIpc) is 2.90. The highest BCUT2D eigenvalue weighted by Gasteiger charge is 2.09. The lowest BCUT2D eigenvalue weighted by molar-refractivity contribution is 1.15. The molecular weight excluding hydrogens is 432 g/mol. The maximum absolute atomic E-state index is 2.34. The van der Waals surface area contributed by atoms with Crippen LogP contribution in [0.5, 0.6) is 0 Å². The third-order valence-corrected chi connectivity index (χ3v) is 7.80. The maximum Gasteiger partial charge on any atom is -0.00706 e. The average molecular weight is 469 g/mol. The fraction of sp³-hybridized carbons (Fsp3) is 0.222. The Morgan fingerprint density at radius 1 is 0.417 bits per heavy atom. The predicted molar refractivity (Wildman–Crippen MR) is 161 cm³/mol. The van der Waals surface area contributed by atoms with Crippen LogP contribution in [0.25, 0.3) is 43.1 Å². The molecule has 0 heteroatoms. The van der Waals surface area contributed by atoms with Crippen molar-refractivity contribution in [3.63, 3.8) is 0 Å². The van der Waals surface area contributed by atoms with Crippen molar-refractivity contribution in [1.82, 2.24) is 0 Å². The van der Waals surface area contributed by atoms with Gasteiger partial charge in [0, 0.05) is 0 Å². The third kappa shape index (κ3) is 4.16. The topological polar surface area (TPSA) is 0 Å². The van der Waals surface area contributed by atoms with Gasteiger partial charge in [-0.15, -0.1) is 0 Å². The lowest BCUT2D eigenvalue weighted by atomic mass is 9.92. The van der Waals surface area contributed by atoms with Crippen molar-refractivity contribution >= 4 is 43.1 Å². The molecule has 0 aromatic heterocycles. The first kappa shape index (κ1) is 24.1. The van der Waals surface area contributed by atoms with Crippen molar-refractivity contribution in [2.45, 2.75) is 54.4 Å². The molecule has 0 spiro atoms. The molecule has 0 radical (unpaired) electrons. The minimum absolute atomic E-state index is 1.09. The largest absolute Gasteiger partial charge is 0.0613 e. The molecule has 0 amide bonds. The lowest BCUT2D eigenvalue weighted by Gasteiger charge is -2.12. The van der Waals surface area contributed by atoms with Crippen LogP contribution in [0.3, 0.4) is 0 Å². The summed E-state index contributed by atoms with van der Waals surface area (Å²) in [6.45, 7) is 13.3. The van der Waals surface area contributed by atoms with Gasteiger partial charge in [-0.05, 0) is 117 Å². The van der Waals surface area contributed by atoms with Gasteiger partial charge in [-0.25, -0.2) is 0 Å². The van der Waals surface area contributed by atoms with Crippen LogP contribution < -0.4 is 0 Å². The second-order valence-corrected chi connectivity index (χ2v) is 10.2. The first-order valence-corrected chi connectivity index (χ1v) is 13.2. The summed E-state index contributed by atoms with van der Waals surface area (Å²) in [6, 6.07) is 31.4. The summed E-state index contributed by atoms with van der Waals surface area (Å²) in [5, 5.41) is 11.2. The standard InChI is InChI=1S/2C18H18/c1-4-14-8-6-9-15-13(3)11-17-12(2)7-5-10-16(17)18(14)15;1-4-14-8-9-16-15-7-5-6-12(2)17(15)10-13(3)18(16)11-14/h2*5-11H,4H2,1-3H3. The van der Waals surface area contributed by atoms with Gasteiger partial charge in [-0.1, -0.05) is 98.8 Å². The van der Waals surface area contributed by atoms with Crippen LogP contribution in [-0.2, 0) is 12.8 Å². The van der Waals surface area contributed by atoms with E-state index >= 15 is 0 Å². The van der Waals surface area contributed by atoms with Crippen molar-refractivity contribution in [3.8, 4) is 0 Å².